The number of hydrogen-bond acceptors (Lipinski definition) is 5. The fourth-order valence-corrected chi connectivity index (χ4v) is 4.98. The molecule has 1 unspecified atom stereocenters. The maximum Gasteiger partial charge on any atom is 0.243 e. The molecular formula is C23H33ClN2O4S. The molecule has 31 heavy (non-hydrogen) atoms. The maximum atomic E-state index is 13.4. The third kappa shape index (κ3) is 6.49. The monoisotopic (exact) mass is 468 g/mol. The summed E-state index contributed by atoms with van der Waals surface area (Å²) < 4.78 is 27.9. The van der Waals surface area contributed by atoms with E-state index in [1.807, 2.05) is 20.8 Å². The van der Waals surface area contributed by atoms with Crippen LogP contribution in [0.1, 0.15) is 58.4 Å². The number of pyridine rings is 1. The molecule has 2 N–H and O–H groups in total. The average molecular weight is 469 g/mol. The van der Waals surface area contributed by atoms with Crippen molar-refractivity contribution in [1.29, 1.82) is 0 Å². The highest BCUT2D eigenvalue weighted by atomic mass is 35.5. The van der Waals surface area contributed by atoms with Crippen LogP contribution in [0.4, 0.5) is 0 Å². The van der Waals surface area contributed by atoms with E-state index in [0.29, 0.717) is 10.7 Å². The van der Waals surface area contributed by atoms with Crippen LogP contribution in [0.25, 0.3) is 0 Å². The second kappa shape index (κ2) is 9.55. The van der Waals surface area contributed by atoms with Gasteiger partial charge in [-0.3, -0.25) is 4.98 Å². The van der Waals surface area contributed by atoms with Gasteiger partial charge in [0.05, 0.1) is 34.9 Å². The first kappa shape index (κ1) is 25.7. The van der Waals surface area contributed by atoms with E-state index >= 15 is 0 Å². The van der Waals surface area contributed by atoms with E-state index < -0.39 is 22.7 Å². The van der Waals surface area contributed by atoms with Gasteiger partial charge in [-0.05, 0) is 40.2 Å². The molecule has 2 rings (SSSR count). The number of rotatable bonds is 7. The third-order valence-electron chi connectivity index (χ3n) is 5.04. The summed E-state index contributed by atoms with van der Waals surface area (Å²) in [6.45, 7) is 11.3. The first-order valence-corrected chi connectivity index (χ1v) is 12.0. The van der Waals surface area contributed by atoms with E-state index in [0.717, 1.165) is 15.4 Å². The summed E-state index contributed by atoms with van der Waals surface area (Å²) in [6, 6.07) is 8.53. The van der Waals surface area contributed by atoms with Crippen molar-refractivity contribution in [1.82, 2.24) is 9.29 Å². The number of benzene rings is 1. The van der Waals surface area contributed by atoms with Crippen LogP contribution in [0, 0.1) is 0 Å². The molecule has 0 spiro atoms. The molecule has 2 aromatic rings. The van der Waals surface area contributed by atoms with Crippen LogP contribution in [0.15, 0.2) is 41.4 Å². The zero-order valence-electron chi connectivity index (χ0n) is 19.1. The number of hydrogen-bond donors (Lipinski definition) is 2. The summed E-state index contributed by atoms with van der Waals surface area (Å²) in [4.78, 5) is 4.42. The molecule has 0 aliphatic rings. The molecule has 0 saturated heterocycles. The van der Waals surface area contributed by atoms with Gasteiger partial charge in [-0.25, -0.2) is 8.42 Å². The number of aliphatic hydroxyl groups excluding tert-OH is 2. The number of sulfonamides is 1. The Labute approximate surface area is 190 Å². The van der Waals surface area contributed by atoms with Crippen molar-refractivity contribution in [2.24, 2.45) is 0 Å². The number of halogens is 1. The lowest BCUT2D eigenvalue weighted by molar-refractivity contribution is 0.0773. The van der Waals surface area contributed by atoms with Crippen LogP contribution in [-0.4, -0.2) is 47.2 Å². The molecule has 172 valence electrons. The Balaban J connectivity index is 2.44. The minimum Gasteiger partial charge on any atom is -0.394 e. The zero-order chi connectivity index (χ0) is 23.6. The van der Waals surface area contributed by atoms with Gasteiger partial charge in [-0.1, -0.05) is 65.3 Å². The second-order valence-electron chi connectivity index (χ2n) is 9.81. The Kier molecular flexibility index (Phi) is 7.93. The largest absolute Gasteiger partial charge is 0.394 e. The Bertz CT molecular complexity index is 994. The quantitative estimate of drug-likeness (QED) is 0.643. The van der Waals surface area contributed by atoms with Gasteiger partial charge in [-0.15, -0.1) is 0 Å². The van der Waals surface area contributed by atoms with E-state index in [1.165, 1.54) is 6.20 Å². The lowest BCUT2D eigenvalue weighted by Gasteiger charge is -2.26. The van der Waals surface area contributed by atoms with Crippen molar-refractivity contribution in [3.63, 3.8) is 0 Å². The molecule has 0 saturated carbocycles. The summed E-state index contributed by atoms with van der Waals surface area (Å²) in [6.07, 6.45) is 0.307. The van der Waals surface area contributed by atoms with E-state index in [9.17, 15) is 18.6 Å². The first-order valence-electron chi connectivity index (χ1n) is 10.2. The molecule has 0 aliphatic heterocycles. The molecule has 1 heterocycles. The van der Waals surface area contributed by atoms with Gasteiger partial charge in [0.15, 0.2) is 0 Å². The average Bonchev–Trinajstić information content (AvgIpc) is 2.67. The molecule has 1 aromatic heterocycles. The molecular weight excluding hydrogens is 436 g/mol. The molecule has 0 bridgehead atoms. The number of aliphatic hydroxyl groups is 2. The lowest BCUT2D eigenvalue weighted by Crippen LogP contribution is -2.38. The molecule has 8 heteroatoms. The predicted molar refractivity (Wildman–Crippen MR) is 124 cm³/mol. The zero-order valence-corrected chi connectivity index (χ0v) is 20.6. The highest BCUT2D eigenvalue weighted by Gasteiger charge is 2.28. The minimum absolute atomic E-state index is 0.0549. The van der Waals surface area contributed by atoms with Crippen molar-refractivity contribution >= 4 is 21.6 Å². The van der Waals surface area contributed by atoms with Gasteiger partial charge in [0.1, 0.15) is 0 Å². The predicted octanol–water partition coefficient (Wildman–Crippen LogP) is 3.87. The fraction of sp³-hybridized carbons (Fsp3) is 0.522. The van der Waals surface area contributed by atoms with Gasteiger partial charge in [0.25, 0.3) is 0 Å². The maximum absolute atomic E-state index is 13.4. The first-order chi connectivity index (χ1) is 14.2. The van der Waals surface area contributed by atoms with Crippen LogP contribution in [0.3, 0.4) is 0 Å². The fourth-order valence-electron chi connectivity index (χ4n) is 3.14. The van der Waals surface area contributed by atoms with Crippen LogP contribution in [-0.2, 0) is 27.4 Å². The number of nitrogens with zero attached hydrogens (tertiary/aromatic N) is 2. The second-order valence-corrected chi connectivity index (χ2v) is 12.2. The van der Waals surface area contributed by atoms with Crippen LogP contribution < -0.4 is 0 Å². The molecule has 6 nitrogen and oxygen atoms in total. The Morgan fingerprint density at radius 1 is 1.06 bits per heavy atom. The summed E-state index contributed by atoms with van der Waals surface area (Å²) in [5, 5.41) is 19.8. The van der Waals surface area contributed by atoms with E-state index in [2.05, 4.69) is 25.8 Å². The minimum atomic E-state index is -3.94. The van der Waals surface area contributed by atoms with E-state index in [-0.39, 0.29) is 28.8 Å². The molecule has 0 radical (unpaired) electrons. The van der Waals surface area contributed by atoms with Crippen molar-refractivity contribution in [3.05, 3.63) is 58.4 Å². The molecule has 0 amide bonds. The van der Waals surface area contributed by atoms with Gasteiger partial charge >= 0.3 is 0 Å². The highest BCUT2D eigenvalue weighted by Crippen LogP contribution is 2.30. The smallest absolute Gasteiger partial charge is 0.243 e. The van der Waals surface area contributed by atoms with Crippen molar-refractivity contribution in [3.8, 4) is 0 Å². The molecule has 1 atom stereocenters. The molecule has 0 fully saturated rings. The van der Waals surface area contributed by atoms with Crippen molar-refractivity contribution < 1.29 is 18.6 Å². The Morgan fingerprint density at radius 3 is 2.13 bits per heavy atom. The van der Waals surface area contributed by atoms with Gasteiger partial charge in [-0.2, -0.15) is 4.31 Å². The van der Waals surface area contributed by atoms with Gasteiger partial charge < -0.3 is 10.2 Å². The standard InChI is InChI=1S/C23H33ClN2O4S/c1-22(2,3)16-7-9-19(10-8-16)31(29,30)26(14-18(28)15-27)13-17-11-20(23(4,5)6)21(24)12-25-17/h7-12,18,27-28H,13-15H2,1-6H3. The molecule has 1 aromatic carbocycles. The van der Waals surface area contributed by atoms with Crippen LogP contribution >= 0.6 is 11.6 Å². The number of aromatic nitrogens is 1. The Morgan fingerprint density at radius 2 is 1.65 bits per heavy atom. The third-order valence-corrected chi connectivity index (χ3v) is 7.17. The lowest BCUT2D eigenvalue weighted by atomic mass is 9.87. The molecule has 0 aliphatic carbocycles. The van der Waals surface area contributed by atoms with Crippen LogP contribution in [0.5, 0.6) is 0 Å². The SMILES string of the molecule is CC(C)(C)c1ccc(S(=O)(=O)N(Cc2cc(C(C)(C)C)c(Cl)cn2)CC(O)CO)cc1. The van der Waals surface area contributed by atoms with Crippen molar-refractivity contribution in [2.45, 2.75) is 69.9 Å². The van der Waals surface area contributed by atoms with Gasteiger partial charge in [0, 0.05) is 12.7 Å². The highest BCUT2D eigenvalue weighted by molar-refractivity contribution is 7.89. The summed E-state index contributed by atoms with van der Waals surface area (Å²) in [5.41, 5.74) is 2.03. The topological polar surface area (TPSA) is 90.7 Å². The Hall–Kier alpha value is -1.51. The normalized spacial score (nSPS) is 14.1. The van der Waals surface area contributed by atoms with E-state index in [4.69, 9.17) is 11.6 Å². The van der Waals surface area contributed by atoms with E-state index in [1.54, 1.807) is 30.3 Å². The summed E-state index contributed by atoms with van der Waals surface area (Å²) in [7, 11) is -3.94. The van der Waals surface area contributed by atoms with Gasteiger partial charge in [0.2, 0.25) is 10.0 Å². The van der Waals surface area contributed by atoms with Crippen LogP contribution in [0.2, 0.25) is 5.02 Å². The summed E-state index contributed by atoms with van der Waals surface area (Å²) >= 11 is 6.29. The summed E-state index contributed by atoms with van der Waals surface area (Å²) in [5.74, 6) is 0. The van der Waals surface area contributed by atoms with Crippen molar-refractivity contribution in [2.75, 3.05) is 13.2 Å².